The van der Waals surface area contributed by atoms with Crippen molar-refractivity contribution in [2.75, 3.05) is 0 Å². The molecule has 1 saturated carbocycles. The van der Waals surface area contributed by atoms with Crippen molar-refractivity contribution < 1.29 is 0 Å². The van der Waals surface area contributed by atoms with E-state index in [1.165, 1.54) is 23.9 Å². The molecule has 0 bridgehead atoms. The Labute approximate surface area is 102 Å². The molecule has 0 radical (unpaired) electrons. The molecule has 1 aliphatic rings. The third kappa shape index (κ3) is 1.84. The second-order valence-corrected chi connectivity index (χ2v) is 5.25. The summed E-state index contributed by atoms with van der Waals surface area (Å²) >= 11 is 0. The summed E-state index contributed by atoms with van der Waals surface area (Å²) in [5.41, 5.74) is 9.67. The highest BCUT2D eigenvalue weighted by molar-refractivity contribution is 5.80. The molecule has 0 amide bonds. The van der Waals surface area contributed by atoms with Crippen molar-refractivity contribution in [3.63, 3.8) is 0 Å². The fourth-order valence-electron chi connectivity index (χ4n) is 2.53. The molecule has 3 rings (SSSR count). The van der Waals surface area contributed by atoms with E-state index in [0.717, 1.165) is 17.8 Å². The topological polar surface area (TPSA) is 43.8 Å². The van der Waals surface area contributed by atoms with E-state index in [4.69, 9.17) is 10.7 Å². The lowest BCUT2D eigenvalue weighted by molar-refractivity contribution is 0.638. The Bertz CT molecular complexity index is 550. The van der Waals surface area contributed by atoms with Crippen LogP contribution in [0.3, 0.4) is 0 Å². The van der Waals surface area contributed by atoms with Crippen LogP contribution in [0, 0.1) is 6.92 Å². The molecule has 2 N–H and O–H groups in total. The van der Waals surface area contributed by atoms with Crippen LogP contribution in [-0.2, 0) is 6.42 Å². The maximum atomic E-state index is 5.92. The molecule has 1 unspecified atom stereocenters. The zero-order chi connectivity index (χ0) is 12.0. The molecule has 1 aromatic heterocycles. The summed E-state index contributed by atoms with van der Waals surface area (Å²) in [7, 11) is 0. The van der Waals surface area contributed by atoms with E-state index >= 15 is 0 Å². The van der Waals surface area contributed by atoms with Crippen LogP contribution in [0.4, 0.5) is 0 Å². The normalized spacial score (nSPS) is 17.6. The van der Waals surface area contributed by atoms with Gasteiger partial charge < -0.3 is 10.3 Å². The van der Waals surface area contributed by atoms with Crippen molar-refractivity contribution in [1.29, 1.82) is 0 Å². The Kier molecular flexibility index (Phi) is 2.44. The zero-order valence-electron chi connectivity index (χ0n) is 10.5. The minimum absolute atomic E-state index is 0.171. The smallest absolute Gasteiger partial charge is 0.111 e. The van der Waals surface area contributed by atoms with Crippen LogP contribution in [0.25, 0.3) is 11.0 Å². The van der Waals surface area contributed by atoms with Gasteiger partial charge in [0.2, 0.25) is 0 Å². The van der Waals surface area contributed by atoms with Gasteiger partial charge in [0.05, 0.1) is 11.0 Å². The Hall–Kier alpha value is -1.35. The van der Waals surface area contributed by atoms with Gasteiger partial charge in [-0.1, -0.05) is 12.1 Å². The number of fused-ring (bicyclic) bond motifs is 1. The minimum atomic E-state index is 0.171. The number of hydrogen-bond donors (Lipinski definition) is 1. The number of aromatic nitrogens is 2. The van der Waals surface area contributed by atoms with Crippen LogP contribution in [0.1, 0.15) is 37.2 Å². The number of rotatable bonds is 3. The van der Waals surface area contributed by atoms with Gasteiger partial charge in [-0.2, -0.15) is 0 Å². The number of para-hydroxylation sites is 1. The summed E-state index contributed by atoms with van der Waals surface area (Å²) in [6.07, 6.45) is 3.43. The average Bonchev–Trinajstić information content (AvgIpc) is 3.01. The van der Waals surface area contributed by atoms with Gasteiger partial charge in [-0.15, -0.1) is 0 Å². The van der Waals surface area contributed by atoms with Gasteiger partial charge in [0.25, 0.3) is 0 Å². The molecule has 90 valence electrons. The van der Waals surface area contributed by atoms with Gasteiger partial charge in [-0.25, -0.2) is 4.98 Å². The van der Waals surface area contributed by atoms with Gasteiger partial charge >= 0.3 is 0 Å². The van der Waals surface area contributed by atoms with Crippen LogP contribution < -0.4 is 5.73 Å². The highest BCUT2D eigenvalue weighted by Crippen LogP contribution is 2.39. The second kappa shape index (κ2) is 3.84. The van der Waals surface area contributed by atoms with Crippen LogP contribution in [0.15, 0.2) is 18.2 Å². The second-order valence-electron chi connectivity index (χ2n) is 5.25. The summed E-state index contributed by atoms with van der Waals surface area (Å²) in [6.45, 7) is 4.21. The van der Waals surface area contributed by atoms with Gasteiger partial charge in [0.1, 0.15) is 5.82 Å². The molecule has 0 saturated heterocycles. The number of nitrogens with two attached hydrogens (primary N) is 1. The molecule has 0 aliphatic heterocycles. The highest BCUT2D eigenvalue weighted by Gasteiger charge is 2.28. The Morgan fingerprint density at radius 2 is 2.24 bits per heavy atom. The minimum Gasteiger partial charge on any atom is -0.328 e. The molecule has 2 aromatic rings. The van der Waals surface area contributed by atoms with E-state index in [9.17, 15) is 0 Å². The van der Waals surface area contributed by atoms with Crippen molar-refractivity contribution in [1.82, 2.24) is 9.55 Å². The van der Waals surface area contributed by atoms with Crippen molar-refractivity contribution >= 4 is 11.0 Å². The highest BCUT2D eigenvalue weighted by atomic mass is 15.1. The summed E-state index contributed by atoms with van der Waals surface area (Å²) < 4.78 is 2.42. The fourth-order valence-corrected chi connectivity index (χ4v) is 2.53. The SMILES string of the molecule is Cc1cccc2nc(CC(C)N)n(C3CC3)c12. The Morgan fingerprint density at radius 3 is 2.88 bits per heavy atom. The molecule has 1 heterocycles. The van der Waals surface area contributed by atoms with Crippen molar-refractivity contribution in [3.05, 3.63) is 29.6 Å². The molecule has 1 aromatic carbocycles. The standard InChI is InChI=1S/C14H19N3/c1-9-4-3-5-12-14(9)17(11-6-7-11)13(16-12)8-10(2)15/h3-5,10-11H,6-8,15H2,1-2H3. The molecule has 17 heavy (non-hydrogen) atoms. The predicted molar refractivity (Wildman–Crippen MR) is 70.1 cm³/mol. The lowest BCUT2D eigenvalue weighted by atomic mass is 10.2. The summed E-state index contributed by atoms with van der Waals surface area (Å²) in [5.74, 6) is 1.16. The first-order chi connectivity index (χ1) is 8.16. The van der Waals surface area contributed by atoms with E-state index in [1.807, 2.05) is 6.92 Å². The first-order valence-corrected chi connectivity index (χ1v) is 6.39. The Morgan fingerprint density at radius 1 is 1.47 bits per heavy atom. The third-order valence-electron chi connectivity index (χ3n) is 3.40. The van der Waals surface area contributed by atoms with Crippen LogP contribution >= 0.6 is 0 Å². The molecule has 0 spiro atoms. The van der Waals surface area contributed by atoms with E-state index in [1.54, 1.807) is 0 Å². The van der Waals surface area contributed by atoms with Crippen molar-refractivity contribution in [2.45, 2.75) is 45.2 Å². The van der Waals surface area contributed by atoms with E-state index in [2.05, 4.69) is 29.7 Å². The van der Waals surface area contributed by atoms with E-state index in [0.29, 0.717) is 6.04 Å². The number of benzene rings is 1. The molecule has 1 fully saturated rings. The number of imidazole rings is 1. The number of aryl methyl sites for hydroxylation is 1. The molecule has 3 heteroatoms. The van der Waals surface area contributed by atoms with E-state index in [-0.39, 0.29) is 6.04 Å². The largest absolute Gasteiger partial charge is 0.328 e. The van der Waals surface area contributed by atoms with Gasteiger partial charge in [-0.3, -0.25) is 0 Å². The maximum absolute atomic E-state index is 5.92. The van der Waals surface area contributed by atoms with Gasteiger partial charge in [0, 0.05) is 18.5 Å². The zero-order valence-corrected chi connectivity index (χ0v) is 10.5. The monoisotopic (exact) mass is 229 g/mol. The average molecular weight is 229 g/mol. The molecular formula is C14H19N3. The fraction of sp³-hybridized carbons (Fsp3) is 0.500. The molecule has 3 nitrogen and oxygen atoms in total. The first kappa shape index (κ1) is 10.8. The van der Waals surface area contributed by atoms with Gasteiger partial charge in [-0.05, 0) is 38.3 Å². The van der Waals surface area contributed by atoms with Gasteiger partial charge in [0.15, 0.2) is 0 Å². The predicted octanol–water partition coefficient (Wildman–Crippen LogP) is 2.57. The van der Waals surface area contributed by atoms with Crippen LogP contribution in [-0.4, -0.2) is 15.6 Å². The van der Waals surface area contributed by atoms with Crippen LogP contribution in [0.5, 0.6) is 0 Å². The molecule has 1 atom stereocenters. The van der Waals surface area contributed by atoms with E-state index < -0.39 is 0 Å². The summed E-state index contributed by atoms with van der Waals surface area (Å²) in [4.78, 5) is 4.76. The van der Waals surface area contributed by atoms with Crippen molar-refractivity contribution in [2.24, 2.45) is 5.73 Å². The third-order valence-corrected chi connectivity index (χ3v) is 3.40. The summed E-state index contributed by atoms with van der Waals surface area (Å²) in [5, 5.41) is 0. The first-order valence-electron chi connectivity index (χ1n) is 6.39. The lowest BCUT2D eigenvalue weighted by Crippen LogP contribution is -2.20. The molecular weight excluding hydrogens is 210 g/mol. The Balaban J connectivity index is 2.20. The maximum Gasteiger partial charge on any atom is 0.111 e. The van der Waals surface area contributed by atoms with Crippen molar-refractivity contribution in [3.8, 4) is 0 Å². The number of nitrogens with zero attached hydrogens (tertiary/aromatic N) is 2. The lowest BCUT2D eigenvalue weighted by Gasteiger charge is -2.10. The van der Waals surface area contributed by atoms with Crippen LogP contribution in [0.2, 0.25) is 0 Å². The summed E-state index contributed by atoms with van der Waals surface area (Å²) in [6, 6.07) is 7.18. The number of hydrogen-bond acceptors (Lipinski definition) is 2. The molecule has 1 aliphatic carbocycles. The quantitative estimate of drug-likeness (QED) is 0.879.